The van der Waals surface area contributed by atoms with Crippen molar-refractivity contribution in [2.24, 2.45) is 5.92 Å². The van der Waals surface area contributed by atoms with Crippen molar-refractivity contribution in [1.29, 1.82) is 0 Å². The third-order valence-corrected chi connectivity index (χ3v) is 2.84. The number of hydrogen-bond donors (Lipinski definition) is 2. The summed E-state index contributed by atoms with van der Waals surface area (Å²) in [5, 5.41) is 12.5. The fraction of sp³-hybridized carbons (Fsp3) is 0.600. The standard InChI is InChI=1S/C15H25NO2/c1-4-14(10-17)16-9-13-7-5-6-8-15(13)18-11-12(2)3/h5-8,12,14,16-17H,4,9-11H2,1-3H3. The lowest BCUT2D eigenvalue weighted by molar-refractivity contribution is 0.236. The van der Waals surface area contributed by atoms with Gasteiger partial charge in [0.1, 0.15) is 5.75 Å². The Morgan fingerprint density at radius 3 is 2.61 bits per heavy atom. The van der Waals surface area contributed by atoms with Gasteiger partial charge in [0.25, 0.3) is 0 Å². The van der Waals surface area contributed by atoms with Crippen LogP contribution in [0.15, 0.2) is 24.3 Å². The van der Waals surface area contributed by atoms with Crippen LogP contribution in [0.4, 0.5) is 0 Å². The molecule has 0 aliphatic heterocycles. The molecule has 0 saturated carbocycles. The van der Waals surface area contributed by atoms with E-state index in [9.17, 15) is 0 Å². The molecule has 2 N–H and O–H groups in total. The highest BCUT2D eigenvalue weighted by Gasteiger charge is 2.07. The van der Waals surface area contributed by atoms with E-state index in [-0.39, 0.29) is 12.6 Å². The van der Waals surface area contributed by atoms with Gasteiger partial charge < -0.3 is 15.2 Å². The predicted molar refractivity (Wildman–Crippen MR) is 74.8 cm³/mol. The third-order valence-electron chi connectivity index (χ3n) is 2.84. The van der Waals surface area contributed by atoms with Gasteiger partial charge in [0.05, 0.1) is 13.2 Å². The minimum Gasteiger partial charge on any atom is -0.493 e. The van der Waals surface area contributed by atoms with E-state index >= 15 is 0 Å². The number of nitrogens with one attached hydrogen (secondary N) is 1. The van der Waals surface area contributed by atoms with E-state index in [0.717, 1.165) is 30.9 Å². The van der Waals surface area contributed by atoms with Crippen LogP contribution in [0.25, 0.3) is 0 Å². The van der Waals surface area contributed by atoms with Gasteiger partial charge in [-0.1, -0.05) is 39.0 Å². The molecule has 0 spiro atoms. The fourth-order valence-corrected chi connectivity index (χ4v) is 1.64. The van der Waals surface area contributed by atoms with Crippen molar-refractivity contribution in [3.8, 4) is 5.75 Å². The summed E-state index contributed by atoms with van der Waals surface area (Å²) >= 11 is 0. The Labute approximate surface area is 110 Å². The first-order chi connectivity index (χ1) is 8.67. The first-order valence-electron chi connectivity index (χ1n) is 6.72. The zero-order valence-corrected chi connectivity index (χ0v) is 11.6. The maximum atomic E-state index is 9.16. The van der Waals surface area contributed by atoms with Gasteiger partial charge in [0.2, 0.25) is 0 Å². The van der Waals surface area contributed by atoms with E-state index in [4.69, 9.17) is 9.84 Å². The number of aliphatic hydroxyl groups is 1. The van der Waals surface area contributed by atoms with Gasteiger partial charge in [-0.25, -0.2) is 0 Å². The average molecular weight is 251 g/mol. The molecule has 1 rings (SSSR count). The monoisotopic (exact) mass is 251 g/mol. The first kappa shape index (κ1) is 15.0. The SMILES string of the molecule is CCC(CO)NCc1ccccc1OCC(C)C. The molecular formula is C15H25NO2. The van der Waals surface area contributed by atoms with Crippen LogP contribution in [0.2, 0.25) is 0 Å². The molecule has 0 aliphatic rings. The highest BCUT2D eigenvalue weighted by atomic mass is 16.5. The Morgan fingerprint density at radius 2 is 2.00 bits per heavy atom. The van der Waals surface area contributed by atoms with E-state index in [0.29, 0.717) is 5.92 Å². The quantitative estimate of drug-likeness (QED) is 0.746. The van der Waals surface area contributed by atoms with Crippen molar-refractivity contribution in [3.63, 3.8) is 0 Å². The summed E-state index contributed by atoms with van der Waals surface area (Å²) in [5.74, 6) is 1.46. The summed E-state index contributed by atoms with van der Waals surface area (Å²) in [6.45, 7) is 7.97. The Hall–Kier alpha value is -1.06. The molecule has 3 heteroatoms. The molecule has 0 aromatic heterocycles. The van der Waals surface area contributed by atoms with Crippen LogP contribution >= 0.6 is 0 Å². The Bertz CT molecular complexity index is 335. The van der Waals surface area contributed by atoms with Crippen molar-refractivity contribution in [2.45, 2.75) is 39.8 Å². The number of rotatable bonds is 8. The van der Waals surface area contributed by atoms with Gasteiger partial charge in [-0.05, 0) is 18.4 Å². The number of benzene rings is 1. The topological polar surface area (TPSA) is 41.5 Å². The summed E-state index contributed by atoms with van der Waals surface area (Å²) in [7, 11) is 0. The minimum absolute atomic E-state index is 0.156. The molecule has 1 unspecified atom stereocenters. The van der Waals surface area contributed by atoms with Crippen LogP contribution in [-0.4, -0.2) is 24.4 Å². The van der Waals surface area contributed by atoms with Crippen molar-refractivity contribution in [2.75, 3.05) is 13.2 Å². The van der Waals surface area contributed by atoms with E-state index in [1.54, 1.807) is 0 Å². The lowest BCUT2D eigenvalue weighted by Gasteiger charge is -2.17. The van der Waals surface area contributed by atoms with Gasteiger partial charge in [0.15, 0.2) is 0 Å². The second-order valence-corrected chi connectivity index (χ2v) is 4.98. The largest absolute Gasteiger partial charge is 0.493 e. The molecule has 1 atom stereocenters. The van der Waals surface area contributed by atoms with Crippen LogP contribution in [0.3, 0.4) is 0 Å². The molecule has 0 radical (unpaired) electrons. The molecule has 0 saturated heterocycles. The summed E-state index contributed by atoms with van der Waals surface area (Å²) in [6, 6.07) is 8.22. The van der Waals surface area contributed by atoms with Gasteiger partial charge in [-0.3, -0.25) is 0 Å². The fourth-order valence-electron chi connectivity index (χ4n) is 1.64. The van der Waals surface area contributed by atoms with E-state index in [2.05, 4.69) is 32.2 Å². The van der Waals surface area contributed by atoms with Crippen LogP contribution in [0.5, 0.6) is 5.75 Å². The zero-order valence-electron chi connectivity index (χ0n) is 11.6. The highest BCUT2D eigenvalue weighted by molar-refractivity contribution is 5.33. The Morgan fingerprint density at radius 1 is 1.28 bits per heavy atom. The average Bonchev–Trinajstić information content (AvgIpc) is 2.38. The maximum absolute atomic E-state index is 9.16. The second kappa shape index (κ2) is 8.11. The second-order valence-electron chi connectivity index (χ2n) is 4.98. The van der Waals surface area contributed by atoms with Gasteiger partial charge in [-0.15, -0.1) is 0 Å². The highest BCUT2D eigenvalue weighted by Crippen LogP contribution is 2.18. The summed E-state index contributed by atoms with van der Waals surface area (Å²) < 4.78 is 5.80. The van der Waals surface area contributed by atoms with E-state index in [1.807, 2.05) is 18.2 Å². The number of aliphatic hydroxyl groups excluding tert-OH is 1. The van der Waals surface area contributed by atoms with Crippen molar-refractivity contribution < 1.29 is 9.84 Å². The lowest BCUT2D eigenvalue weighted by Crippen LogP contribution is -2.31. The molecular weight excluding hydrogens is 226 g/mol. The molecule has 0 heterocycles. The molecule has 102 valence electrons. The normalized spacial score (nSPS) is 12.7. The van der Waals surface area contributed by atoms with Crippen LogP contribution < -0.4 is 10.1 Å². The first-order valence-corrected chi connectivity index (χ1v) is 6.72. The number of ether oxygens (including phenoxy) is 1. The maximum Gasteiger partial charge on any atom is 0.123 e. The molecule has 1 aromatic rings. The molecule has 0 aliphatic carbocycles. The lowest BCUT2D eigenvalue weighted by atomic mass is 10.1. The minimum atomic E-state index is 0.156. The Balaban J connectivity index is 2.58. The van der Waals surface area contributed by atoms with Crippen LogP contribution in [0, 0.1) is 5.92 Å². The Kier molecular flexibility index (Phi) is 6.76. The van der Waals surface area contributed by atoms with Gasteiger partial charge in [-0.2, -0.15) is 0 Å². The summed E-state index contributed by atoms with van der Waals surface area (Å²) in [5.41, 5.74) is 1.14. The van der Waals surface area contributed by atoms with Crippen LogP contribution in [-0.2, 0) is 6.54 Å². The van der Waals surface area contributed by atoms with E-state index < -0.39 is 0 Å². The van der Waals surface area contributed by atoms with Crippen molar-refractivity contribution >= 4 is 0 Å². The molecule has 3 nitrogen and oxygen atoms in total. The summed E-state index contributed by atoms with van der Waals surface area (Å²) in [6.07, 6.45) is 0.922. The molecule has 18 heavy (non-hydrogen) atoms. The number of hydrogen-bond acceptors (Lipinski definition) is 3. The molecule has 0 amide bonds. The van der Waals surface area contributed by atoms with Crippen LogP contribution in [0.1, 0.15) is 32.8 Å². The molecule has 1 aromatic carbocycles. The summed E-state index contributed by atoms with van der Waals surface area (Å²) in [4.78, 5) is 0. The van der Waals surface area contributed by atoms with Gasteiger partial charge >= 0.3 is 0 Å². The van der Waals surface area contributed by atoms with Crippen molar-refractivity contribution in [1.82, 2.24) is 5.32 Å². The third kappa shape index (κ3) is 5.07. The van der Waals surface area contributed by atoms with Gasteiger partial charge in [0, 0.05) is 18.2 Å². The van der Waals surface area contributed by atoms with Crippen molar-refractivity contribution in [3.05, 3.63) is 29.8 Å². The smallest absolute Gasteiger partial charge is 0.123 e. The zero-order chi connectivity index (χ0) is 13.4. The number of para-hydroxylation sites is 1. The molecule has 0 bridgehead atoms. The molecule has 0 fully saturated rings. The predicted octanol–water partition coefficient (Wildman–Crippen LogP) is 2.58. The van der Waals surface area contributed by atoms with E-state index in [1.165, 1.54) is 0 Å².